The smallest absolute Gasteiger partial charge is 0.355 e. The first-order valence-corrected chi connectivity index (χ1v) is 7.06. The van der Waals surface area contributed by atoms with Crippen LogP contribution >= 0.6 is 23.4 Å². The molecule has 0 spiro atoms. The lowest BCUT2D eigenvalue weighted by Gasteiger charge is -2.09. The molecule has 96 valence electrons. The summed E-state index contributed by atoms with van der Waals surface area (Å²) in [4.78, 5) is 12.5. The van der Waals surface area contributed by atoms with Gasteiger partial charge >= 0.3 is 5.63 Å². The van der Waals surface area contributed by atoms with Crippen molar-refractivity contribution in [1.29, 1.82) is 5.26 Å². The molecule has 0 fully saturated rings. The Balaban J connectivity index is 2.73. The molecule has 0 aliphatic rings. The number of hydrogen-bond donors (Lipinski definition) is 0. The Bertz CT molecular complexity index is 714. The fourth-order valence-electron chi connectivity index (χ4n) is 1.83. The number of benzene rings is 1. The van der Waals surface area contributed by atoms with Crippen LogP contribution in [0.1, 0.15) is 11.1 Å². The van der Waals surface area contributed by atoms with E-state index in [1.165, 1.54) is 11.8 Å². The van der Waals surface area contributed by atoms with E-state index in [2.05, 4.69) is 0 Å². The third kappa shape index (κ3) is 2.53. The first-order valence-electron chi connectivity index (χ1n) is 5.46. The minimum atomic E-state index is -0.609. The van der Waals surface area contributed by atoms with Crippen LogP contribution < -0.4 is 5.63 Å². The molecule has 0 aliphatic carbocycles. The van der Waals surface area contributed by atoms with Gasteiger partial charge in [-0.2, -0.15) is 5.26 Å². The molecule has 0 saturated heterocycles. The molecular formula is C14H10ClNO2S. The number of nitriles is 1. The number of halogens is 1. The zero-order valence-electron chi connectivity index (χ0n) is 10.4. The number of nitrogens with zero attached hydrogens (tertiary/aromatic N) is 1. The lowest BCUT2D eigenvalue weighted by atomic mass is 10.1. The molecule has 19 heavy (non-hydrogen) atoms. The van der Waals surface area contributed by atoms with E-state index in [0.29, 0.717) is 15.7 Å². The molecule has 2 aromatic rings. The summed E-state index contributed by atoms with van der Waals surface area (Å²) in [5.74, 6) is 0.477. The van der Waals surface area contributed by atoms with Gasteiger partial charge in [-0.3, -0.25) is 0 Å². The quantitative estimate of drug-likeness (QED) is 0.788. The molecular weight excluding hydrogens is 282 g/mol. The Kier molecular flexibility index (Phi) is 3.98. The second-order valence-electron chi connectivity index (χ2n) is 3.87. The van der Waals surface area contributed by atoms with Gasteiger partial charge in [0.15, 0.2) is 5.56 Å². The molecule has 5 heteroatoms. The van der Waals surface area contributed by atoms with Crippen LogP contribution in [0, 0.1) is 18.3 Å². The van der Waals surface area contributed by atoms with E-state index in [9.17, 15) is 4.79 Å². The fraction of sp³-hybridized carbons (Fsp3) is 0.143. The molecule has 1 aromatic carbocycles. The number of thioether (sulfide) groups is 1. The SMILES string of the molecule is CSc1c(C)c(-c2ccc(Cl)cc2)oc(=O)c1C#N. The van der Waals surface area contributed by atoms with Gasteiger partial charge in [0, 0.05) is 21.0 Å². The lowest BCUT2D eigenvalue weighted by Crippen LogP contribution is -2.08. The van der Waals surface area contributed by atoms with Crippen LogP contribution in [0.25, 0.3) is 11.3 Å². The van der Waals surface area contributed by atoms with Crippen molar-refractivity contribution in [3.05, 3.63) is 50.8 Å². The van der Waals surface area contributed by atoms with E-state index in [-0.39, 0.29) is 5.56 Å². The van der Waals surface area contributed by atoms with Crippen molar-refractivity contribution < 1.29 is 4.42 Å². The Morgan fingerprint density at radius 2 is 1.95 bits per heavy atom. The van der Waals surface area contributed by atoms with Gasteiger partial charge in [-0.25, -0.2) is 4.79 Å². The van der Waals surface area contributed by atoms with Gasteiger partial charge < -0.3 is 4.42 Å². The highest BCUT2D eigenvalue weighted by atomic mass is 35.5. The summed E-state index contributed by atoms with van der Waals surface area (Å²) in [5, 5.41) is 9.63. The van der Waals surface area contributed by atoms with Crippen molar-refractivity contribution in [1.82, 2.24) is 0 Å². The lowest BCUT2D eigenvalue weighted by molar-refractivity contribution is 0.514. The molecule has 0 radical (unpaired) electrons. The van der Waals surface area contributed by atoms with Crippen LogP contribution in [0.5, 0.6) is 0 Å². The third-order valence-electron chi connectivity index (χ3n) is 2.73. The van der Waals surface area contributed by atoms with Gasteiger partial charge in [0.05, 0.1) is 0 Å². The van der Waals surface area contributed by atoms with E-state index in [4.69, 9.17) is 21.3 Å². The minimum absolute atomic E-state index is 0.0581. The summed E-state index contributed by atoms with van der Waals surface area (Å²) in [7, 11) is 0. The van der Waals surface area contributed by atoms with E-state index < -0.39 is 5.63 Å². The van der Waals surface area contributed by atoms with Crippen LogP contribution in [0.2, 0.25) is 5.02 Å². The maximum Gasteiger partial charge on any atom is 0.355 e. The van der Waals surface area contributed by atoms with Gasteiger partial charge in [0.2, 0.25) is 0 Å². The predicted octanol–water partition coefficient (Wildman–Crippen LogP) is 3.86. The molecule has 2 rings (SSSR count). The van der Waals surface area contributed by atoms with Crippen molar-refractivity contribution in [3.8, 4) is 17.4 Å². The summed E-state index contributed by atoms with van der Waals surface area (Å²) in [6.45, 7) is 1.83. The summed E-state index contributed by atoms with van der Waals surface area (Å²) < 4.78 is 5.26. The predicted molar refractivity (Wildman–Crippen MR) is 76.7 cm³/mol. The largest absolute Gasteiger partial charge is 0.421 e. The van der Waals surface area contributed by atoms with Crippen molar-refractivity contribution in [2.45, 2.75) is 11.8 Å². The summed E-state index contributed by atoms with van der Waals surface area (Å²) in [6.07, 6.45) is 1.83. The molecule has 0 unspecified atom stereocenters. The zero-order valence-corrected chi connectivity index (χ0v) is 11.9. The Hall–Kier alpha value is -1.70. The molecule has 3 nitrogen and oxygen atoms in total. The highest BCUT2D eigenvalue weighted by Gasteiger charge is 2.17. The average molecular weight is 292 g/mol. The van der Waals surface area contributed by atoms with Crippen LogP contribution in [0.4, 0.5) is 0 Å². The molecule has 0 atom stereocenters. The van der Waals surface area contributed by atoms with Crippen molar-refractivity contribution in [3.63, 3.8) is 0 Å². The van der Waals surface area contributed by atoms with Crippen LogP contribution in [0.3, 0.4) is 0 Å². The van der Waals surface area contributed by atoms with Gasteiger partial charge in [-0.1, -0.05) is 11.6 Å². The Morgan fingerprint density at radius 1 is 1.32 bits per heavy atom. The zero-order chi connectivity index (χ0) is 14.0. The maximum atomic E-state index is 11.8. The standard InChI is InChI=1S/C14H10ClNO2S/c1-8-12(9-3-5-10(15)6-4-9)18-14(17)11(7-16)13(8)19-2/h3-6H,1-2H3. The molecule has 0 N–H and O–H groups in total. The van der Waals surface area contributed by atoms with Crippen LogP contribution in [-0.4, -0.2) is 6.26 Å². The Morgan fingerprint density at radius 3 is 2.47 bits per heavy atom. The van der Waals surface area contributed by atoms with Crippen molar-refractivity contribution in [2.75, 3.05) is 6.26 Å². The first kappa shape index (κ1) is 13.7. The molecule has 0 aliphatic heterocycles. The van der Waals surface area contributed by atoms with E-state index in [1.54, 1.807) is 24.3 Å². The van der Waals surface area contributed by atoms with Gasteiger partial charge in [-0.15, -0.1) is 11.8 Å². The number of hydrogen-bond acceptors (Lipinski definition) is 4. The molecule has 1 aromatic heterocycles. The number of rotatable bonds is 2. The monoisotopic (exact) mass is 291 g/mol. The van der Waals surface area contributed by atoms with Crippen molar-refractivity contribution >= 4 is 23.4 Å². The normalized spacial score (nSPS) is 10.2. The van der Waals surface area contributed by atoms with E-state index >= 15 is 0 Å². The molecule has 0 amide bonds. The highest BCUT2D eigenvalue weighted by Crippen LogP contribution is 2.31. The summed E-state index contributed by atoms with van der Waals surface area (Å²) in [6, 6.07) is 8.92. The maximum absolute atomic E-state index is 11.8. The van der Waals surface area contributed by atoms with Gasteiger partial charge in [0.1, 0.15) is 11.8 Å². The summed E-state index contributed by atoms with van der Waals surface area (Å²) >= 11 is 7.20. The summed E-state index contributed by atoms with van der Waals surface area (Å²) in [5.41, 5.74) is 0.995. The van der Waals surface area contributed by atoms with Gasteiger partial charge in [-0.05, 0) is 37.4 Å². The second-order valence-corrected chi connectivity index (χ2v) is 5.12. The minimum Gasteiger partial charge on any atom is -0.421 e. The fourth-order valence-corrected chi connectivity index (χ4v) is 2.69. The van der Waals surface area contributed by atoms with Gasteiger partial charge in [0.25, 0.3) is 0 Å². The molecule has 0 saturated carbocycles. The first-order chi connectivity index (χ1) is 9.08. The molecule has 1 heterocycles. The average Bonchev–Trinajstić information content (AvgIpc) is 2.41. The Labute approximate surface area is 119 Å². The third-order valence-corrected chi connectivity index (χ3v) is 3.90. The molecule has 0 bridgehead atoms. The van der Waals surface area contributed by atoms with E-state index in [0.717, 1.165) is 11.1 Å². The second kappa shape index (κ2) is 5.52. The highest BCUT2D eigenvalue weighted by molar-refractivity contribution is 7.98. The van der Waals surface area contributed by atoms with Crippen LogP contribution in [0.15, 0.2) is 38.4 Å². The van der Waals surface area contributed by atoms with Crippen molar-refractivity contribution in [2.24, 2.45) is 0 Å². The van der Waals surface area contributed by atoms with E-state index in [1.807, 2.05) is 19.2 Å². The topological polar surface area (TPSA) is 54.0 Å². The van der Waals surface area contributed by atoms with Crippen LogP contribution in [-0.2, 0) is 0 Å².